The lowest BCUT2D eigenvalue weighted by atomic mass is 10.3. The lowest BCUT2D eigenvalue weighted by Crippen LogP contribution is -2.07. The molecule has 1 aromatic carbocycles. The van der Waals surface area contributed by atoms with Crippen molar-refractivity contribution in [2.24, 2.45) is 0 Å². The fourth-order valence-electron chi connectivity index (χ4n) is 2.85. The van der Waals surface area contributed by atoms with E-state index in [0.29, 0.717) is 40.9 Å². The number of thiophene rings is 1. The summed E-state index contributed by atoms with van der Waals surface area (Å²) >= 11 is 9.30. The largest absolute Gasteiger partial charge is 0.484 e. The molecule has 29 heavy (non-hydrogen) atoms. The molecule has 1 aliphatic carbocycles. The summed E-state index contributed by atoms with van der Waals surface area (Å²) in [5.41, 5.74) is 0. The van der Waals surface area contributed by atoms with E-state index in [9.17, 15) is 0 Å². The molecular weight excluding hydrogens is 430 g/mol. The van der Waals surface area contributed by atoms with Crippen LogP contribution in [-0.4, -0.2) is 24.9 Å². The van der Waals surface area contributed by atoms with Gasteiger partial charge in [0.15, 0.2) is 11.0 Å². The zero-order chi connectivity index (χ0) is 19.6. The lowest BCUT2D eigenvalue weighted by molar-refractivity contribution is 0.288. The molecule has 0 aliphatic heterocycles. The molecule has 148 valence electrons. The highest BCUT2D eigenvalue weighted by Crippen LogP contribution is 2.39. The van der Waals surface area contributed by atoms with Gasteiger partial charge in [0.2, 0.25) is 11.7 Å². The van der Waals surface area contributed by atoms with Crippen molar-refractivity contribution in [3.63, 3.8) is 0 Å². The first kappa shape index (κ1) is 18.7. The summed E-state index contributed by atoms with van der Waals surface area (Å²) in [7, 11) is 0. The maximum absolute atomic E-state index is 6.17. The molecule has 7 nitrogen and oxygen atoms in total. The van der Waals surface area contributed by atoms with Crippen molar-refractivity contribution in [1.29, 1.82) is 0 Å². The predicted molar refractivity (Wildman–Crippen MR) is 111 cm³/mol. The molecule has 0 radical (unpaired) electrons. The number of para-hydroxylation sites is 1. The first-order chi connectivity index (χ1) is 14.3. The normalized spacial score (nSPS) is 13.7. The van der Waals surface area contributed by atoms with Gasteiger partial charge < -0.3 is 9.26 Å². The van der Waals surface area contributed by atoms with Crippen LogP contribution in [0.5, 0.6) is 5.75 Å². The van der Waals surface area contributed by atoms with Gasteiger partial charge in [0, 0.05) is 6.04 Å². The van der Waals surface area contributed by atoms with Crippen LogP contribution in [0.3, 0.4) is 0 Å². The molecule has 3 heterocycles. The number of benzene rings is 1. The van der Waals surface area contributed by atoms with Gasteiger partial charge >= 0.3 is 0 Å². The predicted octanol–water partition coefficient (Wildman–Crippen LogP) is 5.25. The number of thioether (sulfide) groups is 1. The molecule has 1 aliphatic rings. The van der Waals surface area contributed by atoms with E-state index in [1.165, 1.54) is 11.8 Å². The monoisotopic (exact) mass is 445 g/mol. The first-order valence-corrected chi connectivity index (χ1v) is 11.3. The molecule has 0 saturated heterocycles. The Bertz CT molecular complexity index is 1110. The number of hydrogen-bond donors (Lipinski definition) is 0. The van der Waals surface area contributed by atoms with Crippen molar-refractivity contribution < 1.29 is 9.26 Å². The third-order valence-electron chi connectivity index (χ3n) is 4.37. The Labute approximate surface area is 180 Å². The van der Waals surface area contributed by atoms with Crippen LogP contribution in [0.1, 0.15) is 30.6 Å². The molecule has 0 N–H and O–H groups in total. The molecule has 0 unspecified atom stereocenters. The van der Waals surface area contributed by atoms with E-state index < -0.39 is 0 Å². The second kappa shape index (κ2) is 8.17. The summed E-state index contributed by atoms with van der Waals surface area (Å²) in [5.74, 6) is 3.15. The van der Waals surface area contributed by atoms with Crippen LogP contribution in [0.4, 0.5) is 0 Å². The second-order valence-corrected chi connectivity index (χ2v) is 8.79. The van der Waals surface area contributed by atoms with Gasteiger partial charge in [-0.15, -0.1) is 21.5 Å². The first-order valence-electron chi connectivity index (χ1n) is 9.08. The quantitative estimate of drug-likeness (QED) is 0.343. The number of halogens is 1. The highest BCUT2D eigenvalue weighted by atomic mass is 35.5. The Hall–Kier alpha value is -2.36. The standard InChI is InChI=1S/C19H16ClN5O2S2/c20-13-4-1-2-5-14(13)26-10-16-22-23-19(25(16)12-7-8-12)29-11-17-21-18(24-27-17)15-6-3-9-28-15/h1-6,9,12H,7-8,10-11H2. The summed E-state index contributed by atoms with van der Waals surface area (Å²) in [4.78, 5) is 5.46. The van der Waals surface area contributed by atoms with E-state index in [1.54, 1.807) is 17.4 Å². The summed E-state index contributed by atoms with van der Waals surface area (Å²) < 4.78 is 13.4. The van der Waals surface area contributed by atoms with E-state index in [1.807, 2.05) is 35.7 Å². The Balaban J connectivity index is 1.28. The fraction of sp³-hybridized carbons (Fsp3) is 0.263. The van der Waals surface area contributed by atoms with E-state index in [2.05, 4.69) is 24.9 Å². The average Bonchev–Trinajstić information content (AvgIpc) is 3.15. The van der Waals surface area contributed by atoms with Crippen LogP contribution in [-0.2, 0) is 12.4 Å². The van der Waals surface area contributed by atoms with E-state index in [0.717, 1.165) is 28.7 Å². The molecule has 10 heteroatoms. The van der Waals surface area contributed by atoms with Crippen LogP contribution in [0.25, 0.3) is 10.7 Å². The SMILES string of the molecule is Clc1ccccc1OCc1nnc(SCc2nc(-c3cccs3)no2)n1C1CC1. The lowest BCUT2D eigenvalue weighted by Gasteiger charge is -2.10. The van der Waals surface area contributed by atoms with Crippen molar-refractivity contribution in [2.75, 3.05) is 0 Å². The molecule has 4 aromatic rings. The van der Waals surface area contributed by atoms with Gasteiger partial charge in [-0.1, -0.05) is 46.7 Å². The number of ether oxygens (including phenoxy) is 1. The molecule has 5 rings (SSSR count). The maximum Gasteiger partial charge on any atom is 0.237 e. The topological polar surface area (TPSA) is 78.9 Å². The van der Waals surface area contributed by atoms with Crippen LogP contribution < -0.4 is 4.74 Å². The number of nitrogens with zero attached hydrogens (tertiary/aromatic N) is 5. The van der Waals surface area contributed by atoms with Crippen LogP contribution >= 0.6 is 34.7 Å². The third-order valence-corrected chi connectivity index (χ3v) is 6.48. The molecular formula is C19H16ClN5O2S2. The van der Waals surface area contributed by atoms with Crippen molar-refractivity contribution in [3.05, 3.63) is 58.5 Å². The van der Waals surface area contributed by atoms with Gasteiger partial charge in [-0.25, -0.2) is 0 Å². The van der Waals surface area contributed by atoms with Gasteiger partial charge in [0.05, 0.1) is 15.7 Å². The van der Waals surface area contributed by atoms with E-state index in [-0.39, 0.29) is 0 Å². The smallest absolute Gasteiger partial charge is 0.237 e. The van der Waals surface area contributed by atoms with E-state index in [4.69, 9.17) is 20.9 Å². The van der Waals surface area contributed by atoms with Crippen molar-refractivity contribution in [3.8, 4) is 16.5 Å². The molecule has 0 amide bonds. The number of rotatable bonds is 8. The molecule has 0 spiro atoms. The maximum atomic E-state index is 6.17. The Morgan fingerprint density at radius 2 is 2.10 bits per heavy atom. The van der Waals surface area contributed by atoms with Gasteiger partial charge in [0.1, 0.15) is 12.4 Å². The van der Waals surface area contributed by atoms with Gasteiger partial charge in [-0.05, 0) is 36.4 Å². The summed E-state index contributed by atoms with van der Waals surface area (Å²) in [5, 5.41) is 16.2. The van der Waals surface area contributed by atoms with Crippen molar-refractivity contribution in [2.45, 2.75) is 36.4 Å². The van der Waals surface area contributed by atoms with E-state index >= 15 is 0 Å². The second-order valence-electron chi connectivity index (χ2n) is 6.50. The van der Waals surface area contributed by atoms with Gasteiger partial charge in [0.25, 0.3) is 0 Å². The van der Waals surface area contributed by atoms with Crippen molar-refractivity contribution in [1.82, 2.24) is 24.9 Å². The molecule has 1 fully saturated rings. The van der Waals surface area contributed by atoms with Crippen LogP contribution in [0.2, 0.25) is 5.02 Å². The molecule has 1 saturated carbocycles. The minimum Gasteiger partial charge on any atom is -0.484 e. The zero-order valence-corrected chi connectivity index (χ0v) is 17.6. The number of aromatic nitrogens is 5. The minimum atomic E-state index is 0.316. The van der Waals surface area contributed by atoms with Crippen molar-refractivity contribution >= 4 is 34.7 Å². The summed E-state index contributed by atoms with van der Waals surface area (Å²) in [6, 6.07) is 11.8. The zero-order valence-electron chi connectivity index (χ0n) is 15.2. The Morgan fingerprint density at radius 1 is 1.21 bits per heavy atom. The van der Waals surface area contributed by atoms with Crippen LogP contribution in [0.15, 0.2) is 51.5 Å². The molecule has 0 atom stereocenters. The Morgan fingerprint density at radius 3 is 2.90 bits per heavy atom. The minimum absolute atomic E-state index is 0.316. The van der Waals surface area contributed by atoms with Gasteiger partial charge in [-0.3, -0.25) is 4.57 Å². The third kappa shape index (κ3) is 4.17. The highest BCUT2D eigenvalue weighted by molar-refractivity contribution is 7.98. The summed E-state index contributed by atoms with van der Waals surface area (Å²) in [6.45, 7) is 0.316. The molecule has 0 bridgehead atoms. The molecule has 3 aromatic heterocycles. The van der Waals surface area contributed by atoms with Gasteiger partial charge in [-0.2, -0.15) is 4.98 Å². The average molecular weight is 446 g/mol. The highest BCUT2D eigenvalue weighted by Gasteiger charge is 2.30. The fourth-order valence-corrected chi connectivity index (χ4v) is 4.55. The number of hydrogen-bond acceptors (Lipinski definition) is 8. The summed E-state index contributed by atoms with van der Waals surface area (Å²) in [6.07, 6.45) is 2.24. The Kier molecular flexibility index (Phi) is 5.26. The van der Waals surface area contributed by atoms with Crippen LogP contribution in [0, 0.1) is 0 Å².